The summed E-state index contributed by atoms with van der Waals surface area (Å²) in [5.74, 6) is 3.28. The van der Waals surface area contributed by atoms with Crippen LogP contribution >= 0.6 is 11.8 Å². The summed E-state index contributed by atoms with van der Waals surface area (Å²) >= 11 is 2.13. The zero-order valence-corrected chi connectivity index (χ0v) is 8.36. The van der Waals surface area contributed by atoms with Crippen LogP contribution < -0.4 is 0 Å². The van der Waals surface area contributed by atoms with Crippen molar-refractivity contribution < 1.29 is 0 Å². The van der Waals surface area contributed by atoms with Crippen molar-refractivity contribution in [2.45, 2.75) is 37.9 Å². The Bertz CT molecular complexity index is 128. The van der Waals surface area contributed by atoms with Gasteiger partial charge in [-0.3, -0.25) is 0 Å². The second kappa shape index (κ2) is 3.01. The van der Waals surface area contributed by atoms with E-state index < -0.39 is 0 Å². The molecule has 2 fully saturated rings. The predicted octanol–water partition coefficient (Wildman–Crippen LogP) is 3.17. The molecule has 0 radical (unpaired) electrons. The predicted molar refractivity (Wildman–Crippen MR) is 51.9 cm³/mol. The molecule has 0 heterocycles. The first-order valence-corrected chi connectivity index (χ1v) is 6.18. The largest absolute Gasteiger partial charge is 0.161 e. The number of fused-ring (bicyclic) bond motifs is 2. The normalized spacial score (nSPS) is 48.5. The summed E-state index contributed by atoms with van der Waals surface area (Å²) in [7, 11) is 0. The Morgan fingerprint density at radius 3 is 2.55 bits per heavy atom. The van der Waals surface area contributed by atoms with Crippen molar-refractivity contribution in [3.63, 3.8) is 0 Å². The van der Waals surface area contributed by atoms with Crippen LogP contribution in [-0.4, -0.2) is 11.5 Å². The lowest BCUT2D eigenvalue weighted by molar-refractivity contribution is 0.335. The van der Waals surface area contributed by atoms with Crippen molar-refractivity contribution in [2.75, 3.05) is 6.26 Å². The first-order valence-electron chi connectivity index (χ1n) is 4.89. The maximum Gasteiger partial charge on any atom is 0.0103 e. The van der Waals surface area contributed by atoms with Gasteiger partial charge in [-0.25, -0.2) is 0 Å². The standard InChI is InChI=1S/C10H18S/c1-3-9-7-4-5-8(6-7)10(9)11-2/h7-10H,3-6H2,1-2H3. The van der Waals surface area contributed by atoms with Gasteiger partial charge >= 0.3 is 0 Å². The Morgan fingerprint density at radius 2 is 2.00 bits per heavy atom. The summed E-state index contributed by atoms with van der Waals surface area (Å²) in [6.07, 6.45) is 8.36. The van der Waals surface area contributed by atoms with Crippen molar-refractivity contribution in [2.24, 2.45) is 17.8 Å². The van der Waals surface area contributed by atoms with E-state index in [1.54, 1.807) is 12.8 Å². The van der Waals surface area contributed by atoms with Crippen molar-refractivity contribution >= 4 is 11.8 Å². The van der Waals surface area contributed by atoms with Gasteiger partial charge in [-0.1, -0.05) is 13.3 Å². The molecule has 0 spiro atoms. The lowest BCUT2D eigenvalue weighted by Gasteiger charge is -2.28. The molecule has 0 aromatic heterocycles. The maximum absolute atomic E-state index is 2.37. The summed E-state index contributed by atoms with van der Waals surface area (Å²) in [5.41, 5.74) is 0. The molecule has 0 aliphatic heterocycles. The first kappa shape index (κ1) is 7.97. The molecule has 0 aromatic rings. The topological polar surface area (TPSA) is 0 Å². The third-order valence-electron chi connectivity index (χ3n) is 3.75. The van der Waals surface area contributed by atoms with Gasteiger partial charge in [0.1, 0.15) is 0 Å². The molecule has 4 atom stereocenters. The highest BCUT2D eigenvalue weighted by Crippen LogP contribution is 2.53. The summed E-state index contributed by atoms with van der Waals surface area (Å²) in [4.78, 5) is 0. The third-order valence-corrected chi connectivity index (χ3v) is 5.03. The van der Waals surface area contributed by atoms with E-state index in [1.165, 1.54) is 12.8 Å². The summed E-state index contributed by atoms with van der Waals surface area (Å²) in [6, 6.07) is 0. The lowest BCUT2D eigenvalue weighted by Crippen LogP contribution is -2.23. The molecule has 11 heavy (non-hydrogen) atoms. The molecule has 2 aliphatic rings. The van der Waals surface area contributed by atoms with Crippen LogP contribution in [0, 0.1) is 17.8 Å². The van der Waals surface area contributed by atoms with Gasteiger partial charge in [-0.15, -0.1) is 0 Å². The van der Waals surface area contributed by atoms with Gasteiger partial charge in [0.15, 0.2) is 0 Å². The van der Waals surface area contributed by atoms with Crippen molar-refractivity contribution in [3.8, 4) is 0 Å². The van der Waals surface area contributed by atoms with Gasteiger partial charge in [-0.2, -0.15) is 11.8 Å². The number of hydrogen-bond acceptors (Lipinski definition) is 1. The molecule has 64 valence electrons. The minimum Gasteiger partial charge on any atom is -0.161 e. The smallest absolute Gasteiger partial charge is 0.0103 e. The summed E-state index contributed by atoms with van der Waals surface area (Å²) in [5, 5.41) is 1.03. The molecule has 0 aromatic carbocycles. The van der Waals surface area contributed by atoms with Crippen LogP contribution in [0.15, 0.2) is 0 Å². The minimum atomic E-state index is 1.03. The monoisotopic (exact) mass is 170 g/mol. The molecule has 0 nitrogen and oxygen atoms in total. The average molecular weight is 170 g/mol. The van der Waals surface area contributed by atoms with E-state index in [1.807, 2.05) is 0 Å². The first-order chi connectivity index (χ1) is 5.36. The van der Waals surface area contributed by atoms with E-state index in [4.69, 9.17) is 0 Å². The molecule has 0 N–H and O–H groups in total. The highest BCUT2D eigenvalue weighted by Gasteiger charge is 2.45. The van der Waals surface area contributed by atoms with Crippen molar-refractivity contribution in [3.05, 3.63) is 0 Å². The summed E-state index contributed by atoms with van der Waals surface area (Å²) in [6.45, 7) is 2.37. The second-order valence-corrected chi connectivity index (χ2v) is 5.12. The summed E-state index contributed by atoms with van der Waals surface area (Å²) < 4.78 is 0. The molecule has 2 saturated carbocycles. The molecular weight excluding hydrogens is 152 g/mol. The zero-order chi connectivity index (χ0) is 7.84. The average Bonchev–Trinajstić information content (AvgIpc) is 2.60. The quantitative estimate of drug-likeness (QED) is 0.613. The number of rotatable bonds is 2. The van der Waals surface area contributed by atoms with E-state index in [0.29, 0.717) is 0 Å². The fourth-order valence-corrected chi connectivity index (χ4v) is 4.69. The Morgan fingerprint density at radius 1 is 1.27 bits per heavy atom. The Balaban J connectivity index is 2.08. The van der Waals surface area contributed by atoms with Crippen molar-refractivity contribution in [1.82, 2.24) is 0 Å². The minimum absolute atomic E-state index is 1.03. The highest BCUT2D eigenvalue weighted by atomic mass is 32.2. The van der Waals surface area contributed by atoms with Crippen LogP contribution in [-0.2, 0) is 0 Å². The van der Waals surface area contributed by atoms with Crippen LogP contribution in [0.3, 0.4) is 0 Å². The highest BCUT2D eigenvalue weighted by molar-refractivity contribution is 7.99. The van der Waals surface area contributed by atoms with E-state index in [9.17, 15) is 0 Å². The second-order valence-electron chi connectivity index (χ2n) is 4.11. The van der Waals surface area contributed by atoms with Gasteiger partial charge in [0.2, 0.25) is 0 Å². The van der Waals surface area contributed by atoms with Gasteiger partial charge < -0.3 is 0 Å². The molecule has 1 heteroatoms. The van der Waals surface area contributed by atoms with Gasteiger partial charge in [0.05, 0.1) is 0 Å². The van der Waals surface area contributed by atoms with Gasteiger partial charge in [0, 0.05) is 5.25 Å². The molecule has 2 aliphatic carbocycles. The SMILES string of the molecule is CCC1C2CCC(C2)C1SC. The van der Waals surface area contributed by atoms with Crippen LogP contribution in [0.2, 0.25) is 0 Å². The Kier molecular flexibility index (Phi) is 2.18. The molecular formula is C10H18S. The maximum atomic E-state index is 2.37. The Hall–Kier alpha value is 0.350. The molecule has 4 unspecified atom stereocenters. The fraction of sp³-hybridized carbons (Fsp3) is 1.00. The lowest BCUT2D eigenvalue weighted by atomic mass is 9.86. The molecule has 0 saturated heterocycles. The van der Waals surface area contributed by atoms with Crippen LogP contribution in [0.1, 0.15) is 32.6 Å². The van der Waals surface area contributed by atoms with Gasteiger partial charge in [0.25, 0.3) is 0 Å². The van der Waals surface area contributed by atoms with Crippen LogP contribution in [0.25, 0.3) is 0 Å². The fourth-order valence-electron chi connectivity index (χ4n) is 3.29. The van der Waals surface area contributed by atoms with Gasteiger partial charge in [-0.05, 0) is 43.3 Å². The van der Waals surface area contributed by atoms with E-state index in [-0.39, 0.29) is 0 Å². The van der Waals surface area contributed by atoms with Crippen LogP contribution in [0.4, 0.5) is 0 Å². The Labute approximate surface area is 74.1 Å². The molecule has 0 amide bonds. The number of thioether (sulfide) groups is 1. The molecule has 2 rings (SSSR count). The zero-order valence-electron chi connectivity index (χ0n) is 7.55. The van der Waals surface area contributed by atoms with E-state index >= 15 is 0 Å². The van der Waals surface area contributed by atoms with Crippen LogP contribution in [0.5, 0.6) is 0 Å². The molecule has 2 bridgehead atoms. The van der Waals surface area contributed by atoms with E-state index in [2.05, 4.69) is 24.9 Å². The number of hydrogen-bond donors (Lipinski definition) is 0. The van der Waals surface area contributed by atoms with E-state index in [0.717, 1.165) is 23.0 Å². The van der Waals surface area contributed by atoms with Crippen molar-refractivity contribution in [1.29, 1.82) is 0 Å². The third kappa shape index (κ3) is 1.12.